The summed E-state index contributed by atoms with van der Waals surface area (Å²) in [4.78, 5) is 22.5. The van der Waals surface area contributed by atoms with E-state index in [-0.39, 0.29) is 12.1 Å². The molecule has 0 aliphatic carbocycles. The highest BCUT2D eigenvalue weighted by Crippen LogP contribution is 2.19. The monoisotopic (exact) mass is 381 g/mol. The number of hydrogen-bond donors (Lipinski definition) is 2. The van der Waals surface area contributed by atoms with E-state index in [1.807, 2.05) is 20.8 Å². The maximum absolute atomic E-state index is 11.9. The standard InChI is InChI=1S/C18H31N5O2S/c1-12(2)15-21-13(11-26-15)7-8-20-16(19-6)22-14-9-23(10-14)17(24)25-18(3,4)5/h11-12,14H,7-10H2,1-6H3,(H2,19,20,22). The van der Waals surface area contributed by atoms with Crippen molar-refractivity contribution in [3.05, 3.63) is 16.1 Å². The normalized spacial score (nSPS) is 15.8. The Morgan fingerprint density at radius 3 is 2.69 bits per heavy atom. The van der Waals surface area contributed by atoms with Crippen LogP contribution in [-0.4, -0.2) is 60.3 Å². The predicted molar refractivity (Wildman–Crippen MR) is 106 cm³/mol. The average Bonchev–Trinajstić information content (AvgIpc) is 2.95. The molecule has 2 N–H and O–H groups in total. The zero-order valence-corrected chi connectivity index (χ0v) is 17.4. The van der Waals surface area contributed by atoms with E-state index in [0.717, 1.165) is 24.6 Å². The Balaban J connectivity index is 1.68. The Morgan fingerprint density at radius 2 is 2.15 bits per heavy atom. The van der Waals surface area contributed by atoms with Crippen molar-refractivity contribution in [3.63, 3.8) is 0 Å². The minimum Gasteiger partial charge on any atom is -0.444 e. The number of ether oxygens (including phenoxy) is 1. The Bertz CT molecular complexity index is 630. The number of guanidine groups is 1. The van der Waals surface area contributed by atoms with Crippen LogP contribution >= 0.6 is 11.3 Å². The molecule has 26 heavy (non-hydrogen) atoms. The molecule has 2 heterocycles. The van der Waals surface area contributed by atoms with Crippen molar-refractivity contribution in [2.45, 2.75) is 58.6 Å². The molecule has 146 valence electrons. The van der Waals surface area contributed by atoms with Gasteiger partial charge in [-0.25, -0.2) is 9.78 Å². The van der Waals surface area contributed by atoms with Crippen molar-refractivity contribution in [2.75, 3.05) is 26.7 Å². The lowest BCUT2D eigenvalue weighted by atomic mass is 10.1. The van der Waals surface area contributed by atoms with Gasteiger partial charge in [-0.3, -0.25) is 4.99 Å². The van der Waals surface area contributed by atoms with E-state index in [4.69, 9.17) is 4.74 Å². The molecule has 1 aliphatic heterocycles. The first kappa shape index (κ1) is 20.5. The van der Waals surface area contributed by atoms with E-state index in [1.165, 1.54) is 5.01 Å². The van der Waals surface area contributed by atoms with Crippen molar-refractivity contribution in [1.29, 1.82) is 0 Å². The Kier molecular flexibility index (Phi) is 6.86. The SMILES string of the molecule is CN=C(NCCc1csc(C(C)C)n1)NC1CN(C(=O)OC(C)(C)C)C1. The quantitative estimate of drug-likeness (QED) is 0.605. The number of likely N-dealkylation sites (tertiary alicyclic amines) is 1. The first-order valence-electron chi connectivity index (χ1n) is 9.07. The first-order valence-corrected chi connectivity index (χ1v) is 9.95. The first-order chi connectivity index (χ1) is 12.2. The number of carbonyl (C=O) groups excluding carboxylic acids is 1. The third-order valence-electron chi connectivity index (χ3n) is 3.83. The molecule has 0 bridgehead atoms. The maximum Gasteiger partial charge on any atom is 0.410 e. The summed E-state index contributed by atoms with van der Waals surface area (Å²) in [7, 11) is 1.75. The van der Waals surface area contributed by atoms with Gasteiger partial charge in [0.2, 0.25) is 0 Å². The van der Waals surface area contributed by atoms with E-state index in [2.05, 4.69) is 39.8 Å². The summed E-state index contributed by atoms with van der Waals surface area (Å²) in [6.45, 7) is 12.0. The van der Waals surface area contributed by atoms with Crippen LogP contribution < -0.4 is 10.6 Å². The topological polar surface area (TPSA) is 78.9 Å². The average molecular weight is 382 g/mol. The fraction of sp³-hybridized carbons (Fsp3) is 0.722. The fourth-order valence-electron chi connectivity index (χ4n) is 2.45. The van der Waals surface area contributed by atoms with E-state index in [1.54, 1.807) is 23.3 Å². The van der Waals surface area contributed by atoms with Gasteiger partial charge >= 0.3 is 6.09 Å². The summed E-state index contributed by atoms with van der Waals surface area (Å²) >= 11 is 1.72. The molecule has 0 spiro atoms. The summed E-state index contributed by atoms with van der Waals surface area (Å²) in [5.74, 6) is 1.22. The second-order valence-corrected chi connectivity index (χ2v) is 8.70. The molecule has 1 saturated heterocycles. The largest absolute Gasteiger partial charge is 0.444 e. The highest BCUT2D eigenvalue weighted by molar-refractivity contribution is 7.09. The Labute approximate surface area is 160 Å². The summed E-state index contributed by atoms with van der Waals surface area (Å²) < 4.78 is 5.36. The molecule has 0 unspecified atom stereocenters. The molecular formula is C18H31N5O2S. The fourth-order valence-corrected chi connectivity index (χ4v) is 3.31. The molecule has 1 aromatic rings. The minimum absolute atomic E-state index is 0.195. The lowest BCUT2D eigenvalue weighted by Crippen LogP contribution is -2.63. The van der Waals surface area contributed by atoms with Gasteiger partial charge in [-0.05, 0) is 20.8 Å². The summed E-state index contributed by atoms with van der Waals surface area (Å²) in [6.07, 6.45) is 0.599. The molecule has 8 heteroatoms. The van der Waals surface area contributed by atoms with Gasteiger partial charge in [-0.2, -0.15) is 0 Å². The van der Waals surface area contributed by atoms with E-state index in [9.17, 15) is 4.79 Å². The van der Waals surface area contributed by atoms with Gasteiger partial charge in [0.25, 0.3) is 0 Å². The molecule has 1 aromatic heterocycles. The molecule has 1 aliphatic rings. The van der Waals surface area contributed by atoms with Gasteiger partial charge in [-0.15, -0.1) is 11.3 Å². The van der Waals surface area contributed by atoms with Gasteiger partial charge in [0.15, 0.2) is 5.96 Å². The van der Waals surface area contributed by atoms with Crippen LogP contribution in [-0.2, 0) is 11.2 Å². The molecule has 0 atom stereocenters. The molecule has 1 fully saturated rings. The predicted octanol–water partition coefficient (Wildman–Crippen LogP) is 2.59. The second-order valence-electron chi connectivity index (χ2n) is 7.81. The number of carbonyl (C=O) groups is 1. The van der Waals surface area contributed by atoms with Crippen LogP contribution in [0.4, 0.5) is 4.79 Å². The minimum atomic E-state index is -0.460. The van der Waals surface area contributed by atoms with Gasteiger partial charge in [0.05, 0.1) is 16.7 Å². The van der Waals surface area contributed by atoms with Gasteiger partial charge < -0.3 is 20.3 Å². The zero-order valence-electron chi connectivity index (χ0n) is 16.6. The van der Waals surface area contributed by atoms with Crippen LogP contribution in [0.5, 0.6) is 0 Å². The number of nitrogens with one attached hydrogen (secondary N) is 2. The molecule has 2 rings (SSSR count). The molecule has 0 saturated carbocycles. The van der Waals surface area contributed by atoms with Crippen LogP contribution in [0.1, 0.15) is 51.2 Å². The summed E-state index contributed by atoms with van der Waals surface area (Å²) in [6, 6.07) is 0.195. The molecule has 0 radical (unpaired) electrons. The number of aliphatic imine (C=N–C) groups is 1. The van der Waals surface area contributed by atoms with Crippen LogP contribution in [0, 0.1) is 0 Å². The van der Waals surface area contributed by atoms with E-state index in [0.29, 0.717) is 19.0 Å². The highest BCUT2D eigenvalue weighted by Gasteiger charge is 2.34. The number of rotatable bonds is 5. The van der Waals surface area contributed by atoms with E-state index >= 15 is 0 Å². The lowest BCUT2D eigenvalue weighted by Gasteiger charge is -2.40. The van der Waals surface area contributed by atoms with E-state index < -0.39 is 5.60 Å². The second kappa shape index (κ2) is 8.70. The zero-order chi connectivity index (χ0) is 19.3. The van der Waals surface area contributed by atoms with Crippen molar-refractivity contribution >= 4 is 23.4 Å². The number of aromatic nitrogens is 1. The van der Waals surface area contributed by atoms with Crippen LogP contribution in [0.15, 0.2) is 10.4 Å². The number of nitrogens with zero attached hydrogens (tertiary/aromatic N) is 3. The maximum atomic E-state index is 11.9. The number of amides is 1. The molecule has 1 amide bonds. The molecular weight excluding hydrogens is 350 g/mol. The van der Waals surface area contributed by atoms with Crippen molar-refractivity contribution < 1.29 is 9.53 Å². The Morgan fingerprint density at radius 1 is 1.46 bits per heavy atom. The smallest absolute Gasteiger partial charge is 0.410 e. The van der Waals surface area contributed by atoms with Gasteiger partial charge in [-0.1, -0.05) is 13.8 Å². The van der Waals surface area contributed by atoms with Crippen molar-refractivity contribution in [2.24, 2.45) is 4.99 Å². The molecule has 7 nitrogen and oxygen atoms in total. The Hall–Kier alpha value is -1.83. The van der Waals surface area contributed by atoms with Gasteiger partial charge in [0, 0.05) is 44.4 Å². The summed E-state index contributed by atoms with van der Waals surface area (Å²) in [5, 5.41) is 9.94. The molecule has 0 aromatic carbocycles. The summed E-state index contributed by atoms with van der Waals surface area (Å²) in [5.41, 5.74) is 0.652. The van der Waals surface area contributed by atoms with Crippen molar-refractivity contribution in [3.8, 4) is 0 Å². The van der Waals surface area contributed by atoms with Gasteiger partial charge in [0.1, 0.15) is 5.60 Å². The van der Waals surface area contributed by atoms with Crippen LogP contribution in [0.25, 0.3) is 0 Å². The number of hydrogen-bond acceptors (Lipinski definition) is 5. The third kappa shape index (κ3) is 6.16. The number of thiazole rings is 1. The third-order valence-corrected chi connectivity index (χ3v) is 5.03. The van der Waals surface area contributed by atoms with Crippen LogP contribution in [0.2, 0.25) is 0 Å². The van der Waals surface area contributed by atoms with Crippen molar-refractivity contribution in [1.82, 2.24) is 20.5 Å². The highest BCUT2D eigenvalue weighted by atomic mass is 32.1. The lowest BCUT2D eigenvalue weighted by molar-refractivity contribution is 0.00701. The van der Waals surface area contributed by atoms with Crippen LogP contribution in [0.3, 0.4) is 0 Å².